The Bertz CT molecular complexity index is 1260. The number of nitrogens with zero attached hydrogens (tertiary/aromatic N) is 2. The first-order valence-corrected chi connectivity index (χ1v) is 13.1. The van der Waals surface area contributed by atoms with Crippen LogP contribution in [0, 0.1) is 0 Å². The summed E-state index contributed by atoms with van der Waals surface area (Å²) in [5.41, 5.74) is 1.24. The molecule has 0 spiro atoms. The molecule has 32 heavy (non-hydrogen) atoms. The van der Waals surface area contributed by atoms with Gasteiger partial charge in [-0.1, -0.05) is 23.7 Å². The Labute approximate surface area is 196 Å². The molecule has 0 atom stereocenters. The number of thiophene rings is 1. The molecule has 1 fully saturated rings. The molecule has 3 heterocycles. The SMILES string of the molecule is O=C(Nc1cc2c(s1)CCNC2)N1CCN(S(=O)(=O)c2ccc3cc(Cl)ccc3c2)CC1. The lowest BCUT2D eigenvalue weighted by atomic mass is 10.1. The number of urea groups is 1. The summed E-state index contributed by atoms with van der Waals surface area (Å²) in [6, 6.07) is 12.3. The predicted molar refractivity (Wildman–Crippen MR) is 128 cm³/mol. The van der Waals surface area contributed by atoms with E-state index < -0.39 is 10.0 Å². The second-order valence-electron chi connectivity index (χ2n) is 7.96. The summed E-state index contributed by atoms with van der Waals surface area (Å²) < 4.78 is 27.8. The van der Waals surface area contributed by atoms with E-state index in [2.05, 4.69) is 10.6 Å². The molecule has 10 heteroatoms. The second kappa shape index (κ2) is 8.64. The van der Waals surface area contributed by atoms with Crippen molar-refractivity contribution in [1.29, 1.82) is 0 Å². The number of sulfonamides is 1. The number of hydrogen-bond donors (Lipinski definition) is 2. The maximum atomic E-state index is 13.2. The molecule has 2 aliphatic heterocycles. The summed E-state index contributed by atoms with van der Waals surface area (Å²) in [7, 11) is -3.64. The number of fused-ring (bicyclic) bond motifs is 2. The lowest BCUT2D eigenvalue weighted by molar-refractivity contribution is 0.184. The van der Waals surface area contributed by atoms with Crippen molar-refractivity contribution in [3.8, 4) is 0 Å². The van der Waals surface area contributed by atoms with Crippen molar-refractivity contribution in [3.05, 3.63) is 57.9 Å². The normalized spacial score (nSPS) is 17.3. The van der Waals surface area contributed by atoms with Crippen molar-refractivity contribution >= 4 is 54.8 Å². The molecule has 2 amide bonds. The largest absolute Gasteiger partial charge is 0.322 e. The van der Waals surface area contributed by atoms with Gasteiger partial charge >= 0.3 is 6.03 Å². The van der Waals surface area contributed by atoms with Gasteiger partial charge in [0.2, 0.25) is 10.0 Å². The quantitative estimate of drug-likeness (QED) is 0.586. The van der Waals surface area contributed by atoms with Crippen LogP contribution < -0.4 is 10.6 Å². The number of amides is 2. The Balaban J connectivity index is 1.24. The van der Waals surface area contributed by atoms with Crippen molar-refractivity contribution in [2.45, 2.75) is 17.9 Å². The first kappa shape index (κ1) is 21.7. The zero-order valence-electron chi connectivity index (χ0n) is 17.3. The Morgan fingerprint density at radius 1 is 1.03 bits per heavy atom. The third kappa shape index (κ3) is 4.23. The van der Waals surface area contributed by atoms with Gasteiger partial charge in [0.1, 0.15) is 0 Å². The van der Waals surface area contributed by atoms with E-state index in [0.29, 0.717) is 18.1 Å². The lowest BCUT2D eigenvalue weighted by Crippen LogP contribution is -2.51. The average Bonchev–Trinajstić information content (AvgIpc) is 3.21. The fourth-order valence-electron chi connectivity index (χ4n) is 4.13. The Morgan fingerprint density at radius 2 is 1.78 bits per heavy atom. The molecule has 2 aliphatic rings. The lowest BCUT2D eigenvalue weighted by Gasteiger charge is -2.33. The number of anilines is 1. The van der Waals surface area contributed by atoms with E-state index >= 15 is 0 Å². The number of carbonyl (C=O) groups excluding carboxylic acids is 1. The van der Waals surface area contributed by atoms with Crippen LogP contribution >= 0.6 is 22.9 Å². The smallest absolute Gasteiger partial charge is 0.322 e. The van der Waals surface area contributed by atoms with Crippen molar-refractivity contribution in [2.75, 3.05) is 38.0 Å². The molecule has 0 unspecified atom stereocenters. The molecular formula is C22H23ClN4O3S2. The van der Waals surface area contributed by atoms with E-state index in [0.717, 1.165) is 35.3 Å². The Hall–Kier alpha value is -2.17. The Morgan fingerprint density at radius 3 is 2.56 bits per heavy atom. The summed E-state index contributed by atoms with van der Waals surface area (Å²) in [6.07, 6.45) is 0.980. The maximum Gasteiger partial charge on any atom is 0.322 e. The van der Waals surface area contributed by atoms with E-state index in [4.69, 9.17) is 11.6 Å². The average molecular weight is 491 g/mol. The van der Waals surface area contributed by atoms with Gasteiger partial charge in [0.15, 0.2) is 0 Å². The van der Waals surface area contributed by atoms with Crippen molar-refractivity contribution in [1.82, 2.24) is 14.5 Å². The summed E-state index contributed by atoms with van der Waals surface area (Å²) in [5.74, 6) is 0. The topological polar surface area (TPSA) is 81.8 Å². The summed E-state index contributed by atoms with van der Waals surface area (Å²) >= 11 is 7.64. The molecule has 0 saturated carbocycles. The summed E-state index contributed by atoms with van der Waals surface area (Å²) in [5, 5.41) is 9.48. The van der Waals surface area contributed by atoms with Crippen LogP contribution in [-0.4, -0.2) is 56.4 Å². The Kier molecular flexibility index (Phi) is 5.85. The van der Waals surface area contributed by atoms with Gasteiger partial charge in [-0.3, -0.25) is 5.32 Å². The van der Waals surface area contributed by atoms with Crippen LogP contribution in [0.5, 0.6) is 0 Å². The zero-order chi connectivity index (χ0) is 22.3. The van der Waals surface area contributed by atoms with Crippen LogP contribution in [0.1, 0.15) is 10.4 Å². The van der Waals surface area contributed by atoms with E-state index in [9.17, 15) is 13.2 Å². The molecule has 1 saturated heterocycles. The van der Waals surface area contributed by atoms with Gasteiger partial charge in [0.05, 0.1) is 9.90 Å². The number of halogens is 1. The number of carbonyl (C=O) groups is 1. The fraction of sp³-hybridized carbons (Fsp3) is 0.318. The third-order valence-electron chi connectivity index (χ3n) is 5.91. The second-order valence-corrected chi connectivity index (χ2v) is 11.5. The number of piperazine rings is 1. The molecule has 0 aliphatic carbocycles. The third-order valence-corrected chi connectivity index (χ3v) is 9.19. The van der Waals surface area contributed by atoms with E-state index in [1.54, 1.807) is 40.5 Å². The highest BCUT2D eigenvalue weighted by molar-refractivity contribution is 7.89. The molecule has 1 aromatic heterocycles. The zero-order valence-corrected chi connectivity index (χ0v) is 19.7. The molecule has 5 rings (SSSR count). The molecule has 7 nitrogen and oxygen atoms in total. The number of nitrogens with one attached hydrogen (secondary N) is 2. The van der Waals surface area contributed by atoms with E-state index in [1.165, 1.54) is 14.7 Å². The van der Waals surface area contributed by atoms with Crippen molar-refractivity contribution < 1.29 is 13.2 Å². The van der Waals surface area contributed by atoms with Crippen molar-refractivity contribution in [2.24, 2.45) is 0 Å². The van der Waals surface area contributed by atoms with Gasteiger partial charge in [-0.15, -0.1) is 11.3 Å². The highest BCUT2D eigenvalue weighted by Crippen LogP contribution is 2.30. The standard InChI is InChI=1S/C22H23ClN4O3S2/c23-18-3-1-16-12-19(4-2-15(16)11-18)32(29,30)27-9-7-26(8-10-27)22(28)25-21-13-17-14-24-6-5-20(17)31-21/h1-4,11-13,24H,5-10,14H2,(H,25,28). The fourth-order valence-corrected chi connectivity index (χ4v) is 6.84. The molecule has 0 bridgehead atoms. The number of rotatable bonds is 3. The molecule has 2 N–H and O–H groups in total. The van der Waals surface area contributed by atoms with Gasteiger partial charge in [-0.25, -0.2) is 13.2 Å². The molecule has 168 valence electrons. The van der Waals surface area contributed by atoms with Crippen LogP contribution in [-0.2, 0) is 23.0 Å². The summed E-state index contributed by atoms with van der Waals surface area (Å²) in [4.78, 5) is 15.9. The van der Waals surface area contributed by atoms with Gasteiger partial charge in [0.25, 0.3) is 0 Å². The highest BCUT2D eigenvalue weighted by Gasteiger charge is 2.30. The van der Waals surface area contributed by atoms with Gasteiger partial charge in [0, 0.05) is 49.2 Å². The van der Waals surface area contributed by atoms with E-state index in [1.807, 2.05) is 18.2 Å². The molecule has 2 aromatic carbocycles. The van der Waals surface area contributed by atoms with Gasteiger partial charge < -0.3 is 10.2 Å². The summed E-state index contributed by atoms with van der Waals surface area (Å²) in [6.45, 7) is 3.02. The van der Waals surface area contributed by atoms with Crippen LogP contribution in [0.3, 0.4) is 0 Å². The van der Waals surface area contributed by atoms with Gasteiger partial charge in [-0.05, 0) is 53.1 Å². The molecule has 0 radical (unpaired) electrons. The first-order chi connectivity index (χ1) is 15.4. The minimum absolute atomic E-state index is 0.184. The van der Waals surface area contributed by atoms with Crippen molar-refractivity contribution in [3.63, 3.8) is 0 Å². The number of hydrogen-bond acceptors (Lipinski definition) is 5. The van der Waals surface area contributed by atoms with E-state index in [-0.39, 0.29) is 24.0 Å². The molecular weight excluding hydrogens is 468 g/mol. The van der Waals surface area contributed by atoms with Crippen LogP contribution in [0.25, 0.3) is 10.8 Å². The first-order valence-electron chi connectivity index (χ1n) is 10.5. The van der Waals surface area contributed by atoms with Crippen LogP contribution in [0.2, 0.25) is 5.02 Å². The van der Waals surface area contributed by atoms with Crippen LogP contribution in [0.4, 0.5) is 9.80 Å². The van der Waals surface area contributed by atoms with Crippen LogP contribution in [0.15, 0.2) is 47.4 Å². The minimum Gasteiger partial charge on any atom is -0.322 e. The minimum atomic E-state index is -3.64. The van der Waals surface area contributed by atoms with Gasteiger partial charge in [-0.2, -0.15) is 4.31 Å². The monoisotopic (exact) mass is 490 g/mol. The predicted octanol–water partition coefficient (Wildman–Crippen LogP) is 3.74. The maximum absolute atomic E-state index is 13.2. The highest BCUT2D eigenvalue weighted by atomic mass is 35.5. The number of benzene rings is 2. The molecule has 3 aromatic rings.